The summed E-state index contributed by atoms with van der Waals surface area (Å²) in [5.74, 6) is -0.278. The van der Waals surface area contributed by atoms with Crippen LogP contribution in [0.3, 0.4) is 0 Å². The summed E-state index contributed by atoms with van der Waals surface area (Å²) in [6.45, 7) is 0. The van der Waals surface area contributed by atoms with E-state index in [0.29, 0.717) is 0 Å². The van der Waals surface area contributed by atoms with E-state index in [4.69, 9.17) is 16.7 Å². The summed E-state index contributed by atoms with van der Waals surface area (Å²) < 4.78 is 25.0. The normalized spacial score (nSPS) is 10.1. The molecule has 0 aliphatic heterocycles. The lowest BCUT2D eigenvalue weighted by Gasteiger charge is -2.10. The van der Waals surface area contributed by atoms with Gasteiger partial charge in [-0.2, -0.15) is 5.26 Å². The van der Waals surface area contributed by atoms with E-state index in [-0.39, 0.29) is 23.5 Å². The molecule has 0 radical (unpaired) electrons. The molecule has 0 spiro atoms. The van der Waals surface area contributed by atoms with Crippen molar-refractivity contribution in [3.8, 4) is 6.07 Å². The molecule has 4 N–H and O–H groups in total. The topological polar surface area (TPSA) is 88.7 Å². The van der Waals surface area contributed by atoms with Crippen LogP contribution < -0.4 is 11.5 Å². The molecule has 0 bridgehead atoms. The minimum absolute atomic E-state index is 0.0648. The van der Waals surface area contributed by atoms with Gasteiger partial charge in [0.25, 0.3) is 6.43 Å². The molecule has 0 atom stereocenters. The fraction of sp³-hybridized carbons (Fsp3) is 0.250. The Morgan fingerprint density at radius 3 is 2.64 bits per heavy atom. The SMILES string of the molecule is N#CCc1c(N)cnc(N)c1C(F)F. The summed E-state index contributed by atoms with van der Waals surface area (Å²) >= 11 is 0. The molecule has 1 aromatic heterocycles. The molecular formula is C8H8F2N4. The fourth-order valence-corrected chi connectivity index (χ4v) is 1.12. The van der Waals surface area contributed by atoms with Crippen molar-refractivity contribution in [1.82, 2.24) is 4.98 Å². The molecule has 0 saturated carbocycles. The van der Waals surface area contributed by atoms with E-state index < -0.39 is 12.0 Å². The first kappa shape index (κ1) is 10.2. The second-order valence-electron chi connectivity index (χ2n) is 2.63. The fourth-order valence-electron chi connectivity index (χ4n) is 1.12. The molecule has 1 rings (SSSR count). The highest BCUT2D eigenvalue weighted by molar-refractivity contribution is 5.58. The van der Waals surface area contributed by atoms with Crippen molar-refractivity contribution in [3.05, 3.63) is 17.3 Å². The Bertz CT molecular complexity index is 384. The van der Waals surface area contributed by atoms with E-state index in [9.17, 15) is 8.78 Å². The maximum atomic E-state index is 12.5. The highest BCUT2D eigenvalue weighted by Gasteiger charge is 2.19. The summed E-state index contributed by atoms with van der Waals surface area (Å²) in [4.78, 5) is 3.51. The van der Waals surface area contributed by atoms with Crippen LogP contribution in [0.25, 0.3) is 0 Å². The monoisotopic (exact) mass is 198 g/mol. The quantitative estimate of drug-likeness (QED) is 0.748. The molecule has 4 nitrogen and oxygen atoms in total. The summed E-state index contributed by atoms with van der Waals surface area (Å²) in [7, 11) is 0. The molecule has 74 valence electrons. The first-order valence-electron chi connectivity index (χ1n) is 3.75. The van der Waals surface area contributed by atoms with Gasteiger partial charge in [0.15, 0.2) is 0 Å². The number of nitrogens with two attached hydrogens (primary N) is 2. The standard InChI is InChI=1S/C8H8F2N4/c9-7(10)6-4(1-2-11)5(12)3-14-8(6)13/h3,7H,1,12H2,(H2,13,14). The predicted octanol–water partition coefficient (Wildman–Crippen LogP) is 1.25. The lowest BCUT2D eigenvalue weighted by molar-refractivity contribution is 0.151. The molecule has 0 amide bonds. The van der Waals surface area contributed by atoms with Crippen LogP contribution in [0.2, 0.25) is 0 Å². The van der Waals surface area contributed by atoms with Gasteiger partial charge >= 0.3 is 0 Å². The maximum absolute atomic E-state index is 12.5. The maximum Gasteiger partial charge on any atom is 0.267 e. The molecule has 0 unspecified atom stereocenters. The van der Waals surface area contributed by atoms with Gasteiger partial charge in [0.05, 0.1) is 29.9 Å². The van der Waals surface area contributed by atoms with E-state index in [1.165, 1.54) is 6.20 Å². The molecule has 0 aromatic carbocycles. The number of hydrogen-bond donors (Lipinski definition) is 2. The second-order valence-corrected chi connectivity index (χ2v) is 2.63. The van der Waals surface area contributed by atoms with Crippen molar-refractivity contribution in [2.24, 2.45) is 0 Å². The van der Waals surface area contributed by atoms with Crippen LogP contribution in [0.5, 0.6) is 0 Å². The van der Waals surface area contributed by atoms with Crippen LogP contribution >= 0.6 is 0 Å². The number of anilines is 2. The predicted molar refractivity (Wildman–Crippen MR) is 47.3 cm³/mol. The van der Waals surface area contributed by atoms with Gasteiger partial charge in [-0.25, -0.2) is 13.8 Å². The number of halogens is 2. The minimum atomic E-state index is -2.77. The highest BCUT2D eigenvalue weighted by Crippen LogP contribution is 2.30. The largest absolute Gasteiger partial charge is 0.397 e. The van der Waals surface area contributed by atoms with E-state index in [1.807, 2.05) is 0 Å². The average Bonchev–Trinajstić information content (AvgIpc) is 2.11. The molecule has 0 saturated heterocycles. The van der Waals surface area contributed by atoms with Crippen molar-refractivity contribution < 1.29 is 8.78 Å². The summed E-state index contributed by atoms with van der Waals surface area (Å²) in [6, 6.07) is 1.75. The van der Waals surface area contributed by atoms with Gasteiger partial charge in [-0.05, 0) is 0 Å². The minimum Gasteiger partial charge on any atom is -0.397 e. The molecule has 1 aromatic rings. The third-order valence-corrected chi connectivity index (χ3v) is 1.77. The Morgan fingerprint density at radius 2 is 2.14 bits per heavy atom. The zero-order valence-corrected chi connectivity index (χ0v) is 7.17. The molecule has 0 fully saturated rings. The summed E-state index contributed by atoms with van der Waals surface area (Å²) in [6.07, 6.45) is -1.79. The van der Waals surface area contributed by atoms with Gasteiger partial charge in [0.2, 0.25) is 0 Å². The Hall–Kier alpha value is -1.90. The van der Waals surface area contributed by atoms with Gasteiger partial charge in [-0.1, -0.05) is 0 Å². The number of hydrogen-bond acceptors (Lipinski definition) is 4. The highest BCUT2D eigenvalue weighted by atomic mass is 19.3. The van der Waals surface area contributed by atoms with Crippen molar-refractivity contribution in [3.63, 3.8) is 0 Å². The first-order chi connectivity index (χ1) is 6.57. The van der Waals surface area contributed by atoms with Gasteiger partial charge in [-0.15, -0.1) is 0 Å². The average molecular weight is 198 g/mol. The lowest BCUT2D eigenvalue weighted by Crippen LogP contribution is -2.06. The summed E-state index contributed by atoms with van der Waals surface area (Å²) in [5, 5.41) is 8.43. The molecule has 1 heterocycles. The van der Waals surface area contributed by atoms with E-state index in [0.717, 1.165) is 0 Å². The Morgan fingerprint density at radius 1 is 1.50 bits per heavy atom. The Kier molecular flexibility index (Phi) is 2.82. The van der Waals surface area contributed by atoms with Crippen LogP contribution in [0, 0.1) is 11.3 Å². The Labute approximate surface area is 79.1 Å². The molecular weight excluding hydrogens is 190 g/mol. The molecule has 14 heavy (non-hydrogen) atoms. The lowest BCUT2D eigenvalue weighted by atomic mass is 10.1. The van der Waals surface area contributed by atoms with Crippen LogP contribution in [-0.2, 0) is 6.42 Å². The first-order valence-corrected chi connectivity index (χ1v) is 3.75. The number of rotatable bonds is 2. The zero-order valence-electron chi connectivity index (χ0n) is 7.17. The zero-order chi connectivity index (χ0) is 10.7. The van der Waals surface area contributed by atoms with Crippen LogP contribution in [0.1, 0.15) is 17.6 Å². The van der Waals surface area contributed by atoms with Crippen molar-refractivity contribution in [1.29, 1.82) is 5.26 Å². The number of pyridine rings is 1. The van der Waals surface area contributed by atoms with Gasteiger partial charge in [0.1, 0.15) is 5.82 Å². The number of alkyl halides is 2. The van der Waals surface area contributed by atoms with Crippen LogP contribution in [0.15, 0.2) is 6.20 Å². The third kappa shape index (κ3) is 1.71. The van der Waals surface area contributed by atoms with Crippen LogP contribution in [0.4, 0.5) is 20.3 Å². The van der Waals surface area contributed by atoms with Crippen molar-refractivity contribution in [2.75, 3.05) is 11.5 Å². The molecule has 6 heteroatoms. The van der Waals surface area contributed by atoms with Gasteiger partial charge in [-0.3, -0.25) is 0 Å². The van der Waals surface area contributed by atoms with Crippen LogP contribution in [-0.4, -0.2) is 4.98 Å². The molecule has 0 aliphatic rings. The van der Waals surface area contributed by atoms with E-state index >= 15 is 0 Å². The third-order valence-electron chi connectivity index (χ3n) is 1.77. The number of nitriles is 1. The second kappa shape index (κ2) is 3.87. The van der Waals surface area contributed by atoms with Crippen molar-refractivity contribution in [2.45, 2.75) is 12.8 Å². The number of nitrogens with zero attached hydrogens (tertiary/aromatic N) is 2. The molecule has 0 aliphatic carbocycles. The van der Waals surface area contributed by atoms with Gasteiger partial charge in [0, 0.05) is 5.56 Å². The summed E-state index contributed by atoms with van der Waals surface area (Å²) in [5.41, 5.74) is 10.4. The smallest absolute Gasteiger partial charge is 0.267 e. The number of aromatic nitrogens is 1. The van der Waals surface area contributed by atoms with E-state index in [1.54, 1.807) is 6.07 Å². The van der Waals surface area contributed by atoms with Gasteiger partial charge < -0.3 is 11.5 Å². The number of nitrogen functional groups attached to an aromatic ring is 2. The van der Waals surface area contributed by atoms with Crippen molar-refractivity contribution >= 4 is 11.5 Å². The van der Waals surface area contributed by atoms with E-state index in [2.05, 4.69) is 4.98 Å². The Balaban J connectivity index is 3.35.